The predicted molar refractivity (Wildman–Crippen MR) is 94.2 cm³/mol. The number of piperidine rings is 1. The highest BCUT2D eigenvalue weighted by Crippen LogP contribution is 2.39. The van der Waals surface area contributed by atoms with Gasteiger partial charge in [-0.05, 0) is 25.2 Å². The van der Waals surface area contributed by atoms with Crippen molar-refractivity contribution in [2.75, 3.05) is 26.3 Å². The third kappa shape index (κ3) is 3.09. The molecule has 26 heavy (non-hydrogen) atoms. The Morgan fingerprint density at radius 3 is 2.42 bits per heavy atom. The molecule has 0 atom stereocenters. The van der Waals surface area contributed by atoms with Gasteiger partial charge >= 0.3 is 0 Å². The normalized spacial score (nSPS) is 24.1. The van der Waals surface area contributed by atoms with Gasteiger partial charge in [-0.15, -0.1) is 0 Å². The molecule has 0 N–H and O–H groups in total. The monoisotopic (exact) mass is 361 g/mol. The van der Waals surface area contributed by atoms with Crippen molar-refractivity contribution in [1.29, 1.82) is 0 Å². The molecule has 1 aromatic heterocycles. The number of hydrogen-bond donors (Lipinski definition) is 0. The number of rotatable bonds is 2. The summed E-state index contributed by atoms with van der Waals surface area (Å²) in [6, 6.07) is 0. The van der Waals surface area contributed by atoms with Gasteiger partial charge in [-0.1, -0.05) is 13.8 Å². The molecule has 4 rings (SSSR count). The lowest BCUT2D eigenvalue weighted by molar-refractivity contribution is -0.0956. The van der Waals surface area contributed by atoms with E-state index in [4.69, 9.17) is 13.9 Å². The number of likely N-dealkylation sites (tertiary alicyclic amines) is 1. The molecule has 1 amide bonds. The summed E-state index contributed by atoms with van der Waals surface area (Å²) in [5.41, 5.74) is 1.22. The Morgan fingerprint density at radius 2 is 1.77 bits per heavy atom. The first-order valence-electron chi connectivity index (χ1n) is 9.54. The lowest BCUT2D eigenvalue weighted by atomic mass is 9.76. The number of ether oxygens (including phenoxy) is 2. The maximum atomic E-state index is 13.0. The quantitative estimate of drug-likeness (QED) is 0.810. The van der Waals surface area contributed by atoms with Crippen molar-refractivity contribution >= 4 is 11.7 Å². The summed E-state index contributed by atoms with van der Waals surface area (Å²) in [6.07, 6.45) is 2.80. The maximum Gasteiger partial charge on any atom is 0.289 e. The van der Waals surface area contributed by atoms with E-state index in [1.54, 1.807) is 0 Å². The number of Topliss-reactive ketones (excluding diaryl/α,β-unsaturated/α-hetero) is 1. The first kappa shape index (κ1) is 17.7. The SMILES string of the molecule is Cc1c(C(=O)N2CCC(C3OCCO3)CC2)oc2c1C(=O)CC(C)(C)C2. The molecule has 2 saturated heterocycles. The lowest BCUT2D eigenvalue weighted by Crippen LogP contribution is -2.41. The first-order valence-corrected chi connectivity index (χ1v) is 9.54. The predicted octanol–water partition coefficient (Wildman–Crippen LogP) is 2.97. The van der Waals surface area contributed by atoms with Crippen LogP contribution in [0.2, 0.25) is 0 Å². The zero-order valence-electron chi connectivity index (χ0n) is 15.8. The minimum Gasteiger partial charge on any atom is -0.455 e. The Labute approximate surface area is 153 Å². The molecule has 2 fully saturated rings. The molecule has 0 aromatic carbocycles. The van der Waals surface area contributed by atoms with Crippen molar-refractivity contribution < 1.29 is 23.5 Å². The summed E-state index contributed by atoms with van der Waals surface area (Å²) in [7, 11) is 0. The van der Waals surface area contributed by atoms with Gasteiger partial charge in [-0.3, -0.25) is 9.59 Å². The van der Waals surface area contributed by atoms with Gasteiger partial charge in [-0.2, -0.15) is 0 Å². The highest BCUT2D eigenvalue weighted by molar-refractivity contribution is 6.03. The minimum atomic E-state index is -0.121. The van der Waals surface area contributed by atoms with Crippen molar-refractivity contribution in [3.05, 3.63) is 22.6 Å². The molecule has 6 nitrogen and oxygen atoms in total. The molecule has 0 saturated carbocycles. The number of nitrogens with zero attached hydrogens (tertiary/aromatic N) is 1. The fraction of sp³-hybridized carbons (Fsp3) is 0.700. The van der Waals surface area contributed by atoms with Crippen molar-refractivity contribution in [3.8, 4) is 0 Å². The van der Waals surface area contributed by atoms with Gasteiger partial charge in [0.15, 0.2) is 17.8 Å². The molecule has 0 unspecified atom stereocenters. The number of furan rings is 1. The molecule has 0 spiro atoms. The third-order valence-corrected chi connectivity index (χ3v) is 5.83. The fourth-order valence-corrected chi connectivity index (χ4v) is 4.45. The van der Waals surface area contributed by atoms with Crippen LogP contribution in [0.25, 0.3) is 0 Å². The van der Waals surface area contributed by atoms with E-state index in [0.717, 1.165) is 12.8 Å². The average Bonchev–Trinajstić information content (AvgIpc) is 3.22. The smallest absolute Gasteiger partial charge is 0.289 e. The molecule has 3 heterocycles. The molecule has 2 aliphatic heterocycles. The van der Waals surface area contributed by atoms with E-state index in [1.807, 2.05) is 11.8 Å². The van der Waals surface area contributed by atoms with Gasteiger partial charge in [0.25, 0.3) is 5.91 Å². The van der Waals surface area contributed by atoms with Crippen LogP contribution < -0.4 is 0 Å². The lowest BCUT2D eigenvalue weighted by Gasteiger charge is -2.33. The van der Waals surface area contributed by atoms with Gasteiger partial charge in [0.1, 0.15) is 5.76 Å². The molecule has 1 aromatic rings. The number of carbonyl (C=O) groups is 2. The van der Waals surface area contributed by atoms with Gasteiger partial charge < -0.3 is 18.8 Å². The molecule has 142 valence electrons. The summed E-state index contributed by atoms with van der Waals surface area (Å²) in [5, 5.41) is 0. The van der Waals surface area contributed by atoms with Gasteiger partial charge in [0, 0.05) is 37.4 Å². The second-order valence-electron chi connectivity index (χ2n) is 8.53. The van der Waals surface area contributed by atoms with Crippen molar-refractivity contribution in [2.24, 2.45) is 11.3 Å². The van der Waals surface area contributed by atoms with Crippen LogP contribution >= 0.6 is 0 Å². The van der Waals surface area contributed by atoms with E-state index in [2.05, 4.69) is 13.8 Å². The van der Waals surface area contributed by atoms with Crippen molar-refractivity contribution in [3.63, 3.8) is 0 Å². The second kappa shape index (κ2) is 6.50. The van der Waals surface area contributed by atoms with Crippen LogP contribution in [0, 0.1) is 18.3 Å². The third-order valence-electron chi connectivity index (χ3n) is 5.83. The Morgan fingerprint density at radius 1 is 1.12 bits per heavy atom. The van der Waals surface area contributed by atoms with Crippen LogP contribution in [0.3, 0.4) is 0 Å². The van der Waals surface area contributed by atoms with E-state index in [0.29, 0.717) is 67.7 Å². The van der Waals surface area contributed by atoms with Crippen LogP contribution in [0.4, 0.5) is 0 Å². The van der Waals surface area contributed by atoms with E-state index >= 15 is 0 Å². The Balaban J connectivity index is 1.48. The van der Waals surface area contributed by atoms with Crippen LogP contribution in [-0.4, -0.2) is 49.2 Å². The topological polar surface area (TPSA) is 69.0 Å². The van der Waals surface area contributed by atoms with Crippen LogP contribution in [0.1, 0.15) is 65.3 Å². The Kier molecular flexibility index (Phi) is 4.43. The van der Waals surface area contributed by atoms with E-state index in [-0.39, 0.29) is 23.4 Å². The van der Waals surface area contributed by atoms with E-state index in [9.17, 15) is 9.59 Å². The molecular formula is C20H27NO5. The highest BCUT2D eigenvalue weighted by atomic mass is 16.7. The largest absolute Gasteiger partial charge is 0.455 e. The number of ketones is 1. The van der Waals surface area contributed by atoms with E-state index < -0.39 is 0 Å². The van der Waals surface area contributed by atoms with Crippen LogP contribution in [0.5, 0.6) is 0 Å². The summed E-state index contributed by atoms with van der Waals surface area (Å²) >= 11 is 0. The van der Waals surface area contributed by atoms with E-state index in [1.165, 1.54) is 0 Å². The second-order valence-corrected chi connectivity index (χ2v) is 8.53. The summed E-state index contributed by atoms with van der Waals surface area (Å²) in [6.45, 7) is 8.60. The number of fused-ring (bicyclic) bond motifs is 1. The highest BCUT2D eigenvalue weighted by Gasteiger charge is 2.39. The fourth-order valence-electron chi connectivity index (χ4n) is 4.45. The summed E-state index contributed by atoms with van der Waals surface area (Å²) in [4.78, 5) is 27.3. The first-order chi connectivity index (χ1) is 12.4. The molecular weight excluding hydrogens is 334 g/mol. The van der Waals surface area contributed by atoms with Crippen LogP contribution in [-0.2, 0) is 15.9 Å². The minimum absolute atomic E-state index is 0.0887. The standard InChI is InChI=1S/C20H27NO5/c1-12-16-14(22)10-20(2,3)11-15(16)26-17(12)18(23)21-6-4-13(5-7-21)19-24-8-9-25-19/h13,19H,4-11H2,1-3H3. The van der Waals surface area contributed by atoms with Crippen LogP contribution in [0.15, 0.2) is 4.42 Å². The zero-order chi connectivity index (χ0) is 18.5. The summed E-state index contributed by atoms with van der Waals surface area (Å²) < 4.78 is 17.1. The number of amides is 1. The average molecular weight is 361 g/mol. The van der Waals surface area contributed by atoms with Crippen molar-refractivity contribution in [1.82, 2.24) is 4.90 Å². The molecule has 6 heteroatoms. The van der Waals surface area contributed by atoms with Gasteiger partial charge in [0.05, 0.1) is 18.8 Å². The maximum absolute atomic E-state index is 13.0. The van der Waals surface area contributed by atoms with Gasteiger partial charge in [-0.25, -0.2) is 0 Å². The molecule has 0 radical (unpaired) electrons. The Bertz CT molecular complexity index is 721. The van der Waals surface area contributed by atoms with Gasteiger partial charge in [0.2, 0.25) is 0 Å². The number of carbonyl (C=O) groups excluding carboxylic acids is 2. The zero-order valence-corrected chi connectivity index (χ0v) is 15.8. The van der Waals surface area contributed by atoms with Crippen molar-refractivity contribution in [2.45, 2.75) is 52.7 Å². The molecule has 1 aliphatic carbocycles. The number of hydrogen-bond acceptors (Lipinski definition) is 5. The summed E-state index contributed by atoms with van der Waals surface area (Å²) in [5.74, 6) is 1.34. The Hall–Kier alpha value is -1.66. The molecule has 0 bridgehead atoms. The molecule has 3 aliphatic rings.